The maximum atomic E-state index is 13.4. The molecule has 0 saturated carbocycles. The Bertz CT molecular complexity index is 642. The van der Waals surface area contributed by atoms with Crippen molar-refractivity contribution in [1.82, 2.24) is 4.98 Å². The van der Waals surface area contributed by atoms with E-state index in [1.54, 1.807) is 13.0 Å². The van der Waals surface area contributed by atoms with Crippen LogP contribution >= 0.6 is 0 Å². The molecule has 16 heavy (non-hydrogen) atoms. The molecule has 1 aliphatic rings. The van der Waals surface area contributed by atoms with Gasteiger partial charge < -0.3 is 4.98 Å². The zero-order valence-electron chi connectivity index (χ0n) is 9.06. The number of H-pyrrole nitrogens is 1. The van der Waals surface area contributed by atoms with E-state index in [9.17, 15) is 9.18 Å². The van der Waals surface area contributed by atoms with Crippen LogP contribution in [0.3, 0.4) is 0 Å². The lowest BCUT2D eigenvalue weighted by atomic mass is 10.1. The van der Waals surface area contributed by atoms with Crippen LogP contribution in [-0.2, 0) is 12.8 Å². The molecule has 1 N–H and O–H groups in total. The number of benzene rings is 1. The highest BCUT2D eigenvalue weighted by molar-refractivity contribution is 5.82. The maximum Gasteiger partial charge on any atom is 0.192 e. The minimum absolute atomic E-state index is 0.0735. The number of hydrogen-bond donors (Lipinski definition) is 1. The smallest absolute Gasteiger partial charge is 0.192 e. The lowest BCUT2D eigenvalue weighted by Crippen LogP contribution is -2.11. The number of aromatic amines is 1. The van der Waals surface area contributed by atoms with Gasteiger partial charge in [-0.2, -0.15) is 0 Å². The second-order valence-corrected chi connectivity index (χ2v) is 4.36. The highest BCUT2D eigenvalue weighted by Gasteiger charge is 2.18. The zero-order chi connectivity index (χ0) is 11.3. The summed E-state index contributed by atoms with van der Waals surface area (Å²) in [6, 6.07) is 2.95. The summed E-state index contributed by atoms with van der Waals surface area (Å²) >= 11 is 0. The van der Waals surface area contributed by atoms with Crippen LogP contribution in [0.15, 0.2) is 16.9 Å². The molecule has 82 valence electrons. The average molecular weight is 217 g/mol. The number of hydrogen-bond acceptors (Lipinski definition) is 1. The summed E-state index contributed by atoms with van der Waals surface area (Å²) in [5, 5.41) is 0.611. The topological polar surface area (TPSA) is 32.9 Å². The van der Waals surface area contributed by atoms with E-state index in [1.165, 1.54) is 6.07 Å². The van der Waals surface area contributed by atoms with Gasteiger partial charge in [-0.15, -0.1) is 0 Å². The molecule has 0 unspecified atom stereocenters. The number of pyridine rings is 1. The van der Waals surface area contributed by atoms with Crippen LogP contribution in [0.25, 0.3) is 10.9 Å². The third-order valence-electron chi connectivity index (χ3n) is 3.41. The second kappa shape index (κ2) is 3.17. The minimum atomic E-state index is -0.263. The Morgan fingerprint density at radius 2 is 2.12 bits per heavy atom. The third kappa shape index (κ3) is 1.14. The fourth-order valence-corrected chi connectivity index (χ4v) is 2.48. The molecule has 2 nitrogen and oxygen atoms in total. The number of fused-ring (bicyclic) bond motifs is 2. The van der Waals surface area contributed by atoms with Crippen LogP contribution in [0.4, 0.5) is 4.39 Å². The van der Waals surface area contributed by atoms with Crippen molar-refractivity contribution in [3.8, 4) is 0 Å². The van der Waals surface area contributed by atoms with Crippen molar-refractivity contribution < 1.29 is 4.39 Å². The van der Waals surface area contributed by atoms with E-state index in [-0.39, 0.29) is 11.2 Å². The maximum absolute atomic E-state index is 13.4. The number of aromatic nitrogens is 1. The van der Waals surface area contributed by atoms with E-state index in [2.05, 4.69) is 4.98 Å². The monoisotopic (exact) mass is 217 g/mol. The Balaban J connectivity index is 2.51. The molecule has 2 aromatic rings. The highest BCUT2D eigenvalue weighted by Crippen LogP contribution is 2.23. The van der Waals surface area contributed by atoms with Crippen molar-refractivity contribution in [2.24, 2.45) is 0 Å². The molecule has 1 aromatic carbocycles. The van der Waals surface area contributed by atoms with Gasteiger partial charge in [-0.3, -0.25) is 4.79 Å². The van der Waals surface area contributed by atoms with Crippen molar-refractivity contribution in [3.05, 3.63) is 45.0 Å². The van der Waals surface area contributed by atoms with Crippen LogP contribution in [0.1, 0.15) is 23.2 Å². The molecule has 3 heteroatoms. The zero-order valence-corrected chi connectivity index (χ0v) is 9.06. The minimum Gasteiger partial charge on any atom is -0.358 e. The lowest BCUT2D eigenvalue weighted by Gasteiger charge is -2.06. The molecule has 0 radical (unpaired) electrons. The summed E-state index contributed by atoms with van der Waals surface area (Å²) in [4.78, 5) is 15.4. The number of halogens is 1. The molecule has 0 spiro atoms. The van der Waals surface area contributed by atoms with E-state index in [0.717, 1.165) is 30.5 Å². The van der Waals surface area contributed by atoms with Gasteiger partial charge in [0.25, 0.3) is 0 Å². The van der Waals surface area contributed by atoms with Gasteiger partial charge in [-0.25, -0.2) is 4.39 Å². The summed E-state index contributed by atoms with van der Waals surface area (Å²) in [6.45, 7) is 1.70. The summed E-state index contributed by atoms with van der Waals surface area (Å²) in [6.07, 6.45) is 2.76. The molecule has 0 aliphatic heterocycles. The Kier molecular flexibility index (Phi) is 1.90. The molecule has 1 aromatic heterocycles. The molecule has 0 atom stereocenters. The van der Waals surface area contributed by atoms with Gasteiger partial charge >= 0.3 is 0 Å². The Labute approximate surface area is 92.1 Å². The van der Waals surface area contributed by atoms with Crippen molar-refractivity contribution in [1.29, 1.82) is 0 Å². The predicted octanol–water partition coefficient (Wildman–Crippen LogP) is 2.46. The molecule has 0 saturated heterocycles. The van der Waals surface area contributed by atoms with E-state index in [0.29, 0.717) is 16.5 Å². The number of rotatable bonds is 0. The number of aryl methyl sites for hydroxylation is 2. The van der Waals surface area contributed by atoms with Gasteiger partial charge in [0.15, 0.2) is 5.43 Å². The second-order valence-electron chi connectivity index (χ2n) is 4.36. The first-order valence-electron chi connectivity index (χ1n) is 5.51. The fraction of sp³-hybridized carbons (Fsp3) is 0.308. The van der Waals surface area contributed by atoms with Crippen LogP contribution < -0.4 is 5.43 Å². The van der Waals surface area contributed by atoms with Crippen molar-refractivity contribution >= 4 is 10.9 Å². The molecule has 0 amide bonds. The number of nitrogens with one attached hydrogen (secondary N) is 1. The molecule has 1 aliphatic carbocycles. The quantitative estimate of drug-likeness (QED) is 0.722. The first-order valence-corrected chi connectivity index (χ1v) is 5.51. The first kappa shape index (κ1) is 9.58. The van der Waals surface area contributed by atoms with Crippen molar-refractivity contribution in [2.45, 2.75) is 26.2 Å². The van der Waals surface area contributed by atoms with Crippen LogP contribution in [-0.4, -0.2) is 4.98 Å². The Morgan fingerprint density at radius 3 is 2.94 bits per heavy atom. The molecule has 1 heterocycles. The van der Waals surface area contributed by atoms with Gasteiger partial charge in [0.2, 0.25) is 0 Å². The van der Waals surface area contributed by atoms with Gasteiger partial charge in [0, 0.05) is 22.2 Å². The standard InChI is InChI=1S/C13H12FNO/c1-7-10(14)6-5-9-12(7)15-11-4-2-3-8(11)13(9)16/h5-6H,2-4H2,1H3,(H,15,16). The van der Waals surface area contributed by atoms with Gasteiger partial charge in [-0.1, -0.05) is 0 Å². The molecular formula is C13H12FNO. The molecular weight excluding hydrogens is 205 g/mol. The van der Waals surface area contributed by atoms with E-state index in [1.807, 2.05) is 0 Å². The molecule has 0 bridgehead atoms. The SMILES string of the molecule is Cc1c(F)ccc2c(=O)c3c([nH]c12)CCC3. The summed E-state index contributed by atoms with van der Waals surface area (Å²) in [7, 11) is 0. The van der Waals surface area contributed by atoms with Crippen molar-refractivity contribution in [2.75, 3.05) is 0 Å². The third-order valence-corrected chi connectivity index (χ3v) is 3.41. The highest BCUT2D eigenvalue weighted by atomic mass is 19.1. The molecule has 3 rings (SSSR count). The normalized spacial score (nSPS) is 14.4. The average Bonchev–Trinajstić information content (AvgIpc) is 2.73. The largest absolute Gasteiger partial charge is 0.358 e. The van der Waals surface area contributed by atoms with Gasteiger partial charge in [0.1, 0.15) is 5.82 Å². The summed E-state index contributed by atoms with van der Waals surface area (Å²) < 4.78 is 13.4. The van der Waals surface area contributed by atoms with Gasteiger partial charge in [-0.05, 0) is 38.3 Å². The van der Waals surface area contributed by atoms with Gasteiger partial charge in [0.05, 0.1) is 5.52 Å². The summed E-state index contributed by atoms with van der Waals surface area (Å²) in [5.41, 5.74) is 3.14. The Morgan fingerprint density at radius 1 is 1.31 bits per heavy atom. The molecule has 0 fully saturated rings. The summed E-state index contributed by atoms with van der Waals surface area (Å²) in [5.74, 6) is -0.263. The van der Waals surface area contributed by atoms with E-state index >= 15 is 0 Å². The lowest BCUT2D eigenvalue weighted by molar-refractivity contribution is 0.620. The Hall–Kier alpha value is -1.64. The fourth-order valence-electron chi connectivity index (χ4n) is 2.48. The van der Waals surface area contributed by atoms with E-state index in [4.69, 9.17) is 0 Å². The van der Waals surface area contributed by atoms with E-state index < -0.39 is 0 Å². The first-order chi connectivity index (χ1) is 7.68. The van der Waals surface area contributed by atoms with Crippen molar-refractivity contribution in [3.63, 3.8) is 0 Å². The van der Waals surface area contributed by atoms with Crippen LogP contribution in [0.2, 0.25) is 0 Å². The van der Waals surface area contributed by atoms with Crippen LogP contribution in [0.5, 0.6) is 0 Å². The van der Waals surface area contributed by atoms with Crippen LogP contribution in [0, 0.1) is 12.7 Å². The predicted molar refractivity (Wildman–Crippen MR) is 61.3 cm³/mol.